The smallest absolute Gasteiger partial charge is 0.356 e. The fraction of sp³-hybridized carbons (Fsp3) is 0.773. The second-order valence-corrected chi connectivity index (χ2v) is 11.3. The van der Waals surface area contributed by atoms with Gasteiger partial charge in [-0.25, -0.2) is 9.40 Å². The zero-order chi connectivity index (χ0) is 28.5. The van der Waals surface area contributed by atoms with Gasteiger partial charge in [0.15, 0.2) is 0 Å². The number of hydrogen-bond acceptors (Lipinski definition) is 5. The van der Waals surface area contributed by atoms with Crippen LogP contribution in [0.3, 0.4) is 0 Å². The number of amides is 5. The number of halogens is 5. The fourth-order valence-corrected chi connectivity index (χ4v) is 4.52. The maximum absolute atomic E-state index is 13.7. The van der Waals surface area contributed by atoms with Crippen LogP contribution in [0.2, 0.25) is 0 Å². The molecule has 0 aliphatic carbocycles. The normalized spacial score (nSPS) is 23.2. The number of alkyl halides is 5. The van der Waals surface area contributed by atoms with Gasteiger partial charge in [0.05, 0.1) is 12.5 Å². The third-order valence-electron chi connectivity index (χ3n) is 6.49. The lowest BCUT2D eigenvalue weighted by Crippen LogP contribution is -2.62. The van der Waals surface area contributed by atoms with Crippen molar-refractivity contribution in [3.63, 3.8) is 0 Å². The van der Waals surface area contributed by atoms with Gasteiger partial charge in [0, 0.05) is 13.1 Å². The van der Waals surface area contributed by atoms with Crippen molar-refractivity contribution in [2.75, 3.05) is 19.6 Å². The van der Waals surface area contributed by atoms with Crippen molar-refractivity contribution in [3.8, 4) is 0 Å². The van der Waals surface area contributed by atoms with Crippen LogP contribution in [-0.2, 0) is 24.0 Å². The van der Waals surface area contributed by atoms with E-state index in [-0.39, 0.29) is 19.5 Å². The fourth-order valence-electron chi connectivity index (χ4n) is 4.40. The Labute approximate surface area is 216 Å². The SMILES string of the molecule is CC(C)(C)C(NC(=O)C(F)(F)F)C(=O)N1CCC(C)(C)[C@@H]1C(=O)NN(C[C@@H]1CCNC1=O)C(=O)C(F)Cl. The lowest BCUT2D eigenvalue weighted by molar-refractivity contribution is -0.176. The number of nitrogens with zero attached hydrogens (tertiary/aromatic N) is 2. The Kier molecular flexibility index (Phi) is 9.09. The molecule has 37 heavy (non-hydrogen) atoms. The molecule has 2 fully saturated rings. The molecular weight excluding hydrogens is 526 g/mol. The van der Waals surface area contributed by atoms with Gasteiger partial charge in [-0.1, -0.05) is 46.2 Å². The summed E-state index contributed by atoms with van der Waals surface area (Å²) in [6.07, 6.45) is -4.65. The quantitative estimate of drug-likeness (QED) is 0.257. The van der Waals surface area contributed by atoms with E-state index in [0.717, 1.165) is 4.90 Å². The summed E-state index contributed by atoms with van der Waals surface area (Å²) >= 11 is 5.29. The highest BCUT2D eigenvalue weighted by molar-refractivity contribution is 6.29. The average molecular weight is 558 g/mol. The summed E-state index contributed by atoms with van der Waals surface area (Å²) in [6.45, 7) is 7.57. The van der Waals surface area contributed by atoms with Crippen LogP contribution >= 0.6 is 11.6 Å². The molecule has 2 aliphatic rings. The molecule has 0 spiro atoms. The van der Waals surface area contributed by atoms with Crippen LogP contribution in [0, 0.1) is 16.7 Å². The molecule has 10 nitrogen and oxygen atoms in total. The molecule has 3 N–H and O–H groups in total. The Morgan fingerprint density at radius 1 is 1.22 bits per heavy atom. The Hall–Kier alpha value is -2.64. The molecule has 15 heteroatoms. The summed E-state index contributed by atoms with van der Waals surface area (Å²) in [7, 11) is 0. The maximum Gasteiger partial charge on any atom is 0.471 e. The molecule has 0 aromatic rings. The van der Waals surface area contributed by atoms with E-state index in [2.05, 4.69) is 10.7 Å². The van der Waals surface area contributed by atoms with Gasteiger partial charge in [0.25, 0.3) is 17.4 Å². The summed E-state index contributed by atoms with van der Waals surface area (Å²) in [5.41, 5.74) is -2.35. The van der Waals surface area contributed by atoms with Gasteiger partial charge in [-0.2, -0.15) is 13.2 Å². The largest absolute Gasteiger partial charge is 0.471 e. The van der Waals surface area contributed by atoms with Gasteiger partial charge >= 0.3 is 12.1 Å². The first kappa shape index (κ1) is 30.6. The molecule has 0 bridgehead atoms. The summed E-state index contributed by atoms with van der Waals surface area (Å²) < 4.78 is 52.5. The lowest BCUT2D eigenvalue weighted by atomic mass is 9.83. The van der Waals surface area contributed by atoms with E-state index in [9.17, 15) is 41.5 Å². The molecule has 210 valence electrons. The maximum atomic E-state index is 13.7. The van der Waals surface area contributed by atoms with Crippen LogP contribution in [-0.4, -0.2) is 83.0 Å². The first-order valence-electron chi connectivity index (χ1n) is 11.6. The minimum Gasteiger partial charge on any atom is -0.356 e. The van der Waals surface area contributed by atoms with Crippen molar-refractivity contribution < 1.29 is 41.5 Å². The van der Waals surface area contributed by atoms with Crippen LogP contribution in [0.1, 0.15) is 47.5 Å². The number of nitrogens with one attached hydrogen (secondary N) is 3. The van der Waals surface area contributed by atoms with Crippen molar-refractivity contribution in [2.24, 2.45) is 16.7 Å². The van der Waals surface area contributed by atoms with E-state index in [1.165, 1.54) is 20.8 Å². The Morgan fingerprint density at radius 2 is 1.81 bits per heavy atom. The highest BCUT2D eigenvalue weighted by Gasteiger charge is 2.52. The van der Waals surface area contributed by atoms with Crippen LogP contribution in [0.15, 0.2) is 0 Å². The predicted molar refractivity (Wildman–Crippen MR) is 123 cm³/mol. The van der Waals surface area contributed by atoms with Crippen LogP contribution < -0.4 is 16.1 Å². The van der Waals surface area contributed by atoms with E-state index in [4.69, 9.17) is 11.6 Å². The molecule has 0 aromatic carbocycles. The summed E-state index contributed by atoms with van der Waals surface area (Å²) in [6, 6.07) is -2.93. The van der Waals surface area contributed by atoms with Gasteiger partial charge in [-0.05, 0) is 23.7 Å². The van der Waals surface area contributed by atoms with E-state index in [1.807, 2.05) is 0 Å². The lowest BCUT2D eigenvalue weighted by Gasteiger charge is -2.38. The second-order valence-electron chi connectivity index (χ2n) is 10.9. The first-order valence-corrected chi connectivity index (χ1v) is 12.1. The Morgan fingerprint density at radius 3 is 2.27 bits per heavy atom. The Bertz CT molecular complexity index is 937. The van der Waals surface area contributed by atoms with Crippen LogP contribution in [0.5, 0.6) is 0 Å². The van der Waals surface area contributed by atoms with E-state index < -0.39 is 70.2 Å². The van der Waals surface area contributed by atoms with Gasteiger partial charge in [0.2, 0.25) is 11.8 Å². The van der Waals surface area contributed by atoms with E-state index >= 15 is 0 Å². The molecule has 0 aromatic heterocycles. The van der Waals surface area contributed by atoms with Gasteiger partial charge < -0.3 is 15.5 Å². The van der Waals surface area contributed by atoms with Gasteiger partial charge in [-0.3, -0.25) is 29.4 Å². The number of carbonyl (C=O) groups is 5. The third-order valence-corrected chi connectivity index (χ3v) is 6.68. The molecule has 2 rings (SSSR count). The highest BCUT2D eigenvalue weighted by atomic mass is 35.5. The predicted octanol–water partition coefficient (Wildman–Crippen LogP) is 1.24. The molecule has 5 amide bonds. The molecule has 2 saturated heterocycles. The zero-order valence-electron chi connectivity index (χ0n) is 21.2. The minimum atomic E-state index is -5.23. The molecule has 4 atom stereocenters. The molecule has 2 aliphatic heterocycles. The van der Waals surface area contributed by atoms with E-state index in [0.29, 0.717) is 18.0 Å². The summed E-state index contributed by atoms with van der Waals surface area (Å²) in [5.74, 6) is -6.61. The van der Waals surface area contributed by atoms with Gasteiger partial charge in [-0.15, -0.1) is 0 Å². The van der Waals surface area contributed by atoms with Crippen molar-refractivity contribution in [1.29, 1.82) is 0 Å². The number of likely N-dealkylation sites (tertiary alicyclic amines) is 1. The molecule has 2 heterocycles. The molecule has 2 unspecified atom stereocenters. The number of hydrogen-bond donors (Lipinski definition) is 3. The highest BCUT2D eigenvalue weighted by Crippen LogP contribution is 2.38. The Balaban J connectivity index is 2.34. The third kappa shape index (κ3) is 7.23. The summed E-state index contributed by atoms with van der Waals surface area (Å²) in [4.78, 5) is 63.9. The van der Waals surface area contributed by atoms with Crippen molar-refractivity contribution in [2.45, 2.75) is 71.4 Å². The van der Waals surface area contributed by atoms with Crippen LogP contribution in [0.4, 0.5) is 17.6 Å². The van der Waals surface area contributed by atoms with Gasteiger partial charge in [0.1, 0.15) is 12.1 Å². The summed E-state index contributed by atoms with van der Waals surface area (Å²) in [5, 5.41) is 4.86. The first-order chi connectivity index (χ1) is 16.8. The standard InChI is InChI=1S/C22H32ClF4N5O5/c1-20(2,3)12(29-19(37)22(25,26)27)17(35)31-9-7-21(4,5)13(31)16(34)30-32(18(36)14(23)24)10-11-6-8-28-15(11)33/h11-14H,6-10H2,1-5H3,(H,28,33)(H,29,37)(H,30,34)/t11-,12?,13-,14?/m0/s1. The minimum absolute atomic E-state index is 0.0292. The van der Waals surface area contributed by atoms with Crippen LogP contribution in [0.25, 0.3) is 0 Å². The average Bonchev–Trinajstić information content (AvgIpc) is 3.30. The molecule has 0 saturated carbocycles. The molecule has 0 radical (unpaired) electrons. The van der Waals surface area contributed by atoms with Crippen molar-refractivity contribution in [1.82, 2.24) is 26.0 Å². The van der Waals surface area contributed by atoms with Crippen molar-refractivity contribution >= 4 is 41.1 Å². The topological polar surface area (TPSA) is 128 Å². The number of rotatable bonds is 6. The number of hydrazine groups is 1. The zero-order valence-corrected chi connectivity index (χ0v) is 21.9. The van der Waals surface area contributed by atoms with Crippen molar-refractivity contribution in [3.05, 3.63) is 0 Å². The number of carbonyl (C=O) groups excluding carboxylic acids is 5. The van der Waals surface area contributed by atoms with E-state index in [1.54, 1.807) is 19.2 Å². The second kappa shape index (κ2) is 11.0. The monoisotopic (exact) mass is 557 g/mol. The molecular formula is C22H32ClF4N5O5.